The highest BCUT2D eigenvalue weighted by molar-refractivity contribution is 6.29. The standard InChI is InChI=1S/C14H9ClN4/c15-13-5-6-14-16-8-12(19(14)18-13)11-7-9-3-1-2-4-10(9)17-11/h1-8,17H. The lowest BCUT2D eigenvalue weighted by Gasteiger charge is -1.98. The molecule has 0 fully saturated rings. The fourth-order valence-electron chi connectivity index (χ4n) is 2.25. The van der Waals surface area contributed by atoms with Gasteiger partial charge < -0.3 is 4.98 Å². The minimum Gasteiger partial charge on any atom is -0.353 e. The summed E-state index contributed by atoms with van der Waals surface area (Å²) in [6, 6.07) is 13.8. The van der Waals surface area contributed by atoms with Crippen LogP contribution in [0.5, 0.6) is 0 Å². The Morgan fingerprint density at radius 2 is 2.00 bits per heavy atom. The summed E-state index contributed by atoms with van der Waals surface area (Å²) in [7, 11) is 0. The number of fused-ring (bicyclic) bond motifs is 2. The predicted octanol–water partition coefficient (Wildman–Crippen LogP) is 3.53. The van der Waals surface area contributed by atoms with Crippen LogP contribution in [0.15, 0.2) is 48.7 Å². The number of nitrogens with zero attached hydrogens (tertiary/aromatic N) is 3. The lowest BCUT2D eigenvalue weighted by molar-refractivity contribution is 0.940. The average Bonchev–Trinajstić information content (AvgIpc) is 3.00. The molecule has 0 bridgehead atoms. The van der Waals surface area contributed by atoms with Gasteiger partial charge in [0.2, 0.25) is 0 Å². The molecule has 0 spiro atoms. The topological polar surface area (TPSA) is 46.0 Å². The van der Waals surface area contributed by atoms with Crippen LogP contribution in [0, 0.1) is 0 Å². The third-order valence-electron chi connectivity index (χ3n) is 3.14. The first-order chi connectivity index (χ1) is 9.31. The third-order valence-corrected chi connectivity index (χ3v) is 3.34. The number of nitrogens with one attached hydrogen (secondary N) is 1. The molecule has 5 heteroatoms. The summed E-state index contributed by atoms with van der Waals surface area (Å²) in [5.41, 5.74) is 3.74. The van der Waals surface area contributed by atoms with E-state index in [0.29, 0.717) is 5.15 Å². The van der Waals surface area contributed by atoms with Gasteiger partial charge in [-0.05, 0) is 24.3 Å². The zero-order chi connectivity index (χ0) is 12.8. The Bertz CT molecular complexity index is 858. The van der Waals surface area contributed by atoms with Crippen molar-refractivity contribution in [2.45, 2.75) is 0 Å². The Kier molecular flexibility index (Phi) is 2.13. The maximum Gasteiger partial charge on any atom is 0.154 e. The summed E-state index contributed by atoms with van der Waals surface area (Å²) in [5, 5.41) is 5.89. The van der Waals surface area contributed by atoms with Crippen molar-refractivity contribution >= 4 is 28.2 Å². The normalized spacial score (nSPS) is 11.4. The molecule has 0 atom stereocenters. The molecule has 0 aliphatic heterocycles. The maximum absolute atomic E-state index is 5.94. The highest BCUT2D eigenvalue weighted by atomic mass is 35.5. The second-order valence-electron chi connectivity index (χ2n) is 4.34. The van der Waals surface area contributed by atoms with Crippen LogP contribution in [0.25, 0.3) is 27.9 Å². The van der Waals surface area contributed by atoms with E-state index in [1.807, 2.05) is 24.3 Å². The van der Waals surface area contributed by atoms with Crippen LogP contribution in [-0.4, -0.2) is 19.6 Å². The van der Waals surface area contributed by atoms with Crippen molar-refractivity contribution in [3.05, 3.63) is 53.8 Å². The molecule has 3 aromatic heterocycles. The van der Waals surface area contributed by atoms with Crippen LogP contribution >= 0.6 is 11.6 Å². The summed E-state index contributed by atoms with van der Waals surface area (Å²) in [6.45, 7) is 0. The van der Waals surface area contributed by atoms with Crippen molar-refractivity contribution < 1.29 is 0 Å². The van der Waals surface area contributed by atoms with E-state index in [-0.39, 0.29) is 0 Å². The smallest absolute Gasteiger partial charge is 0.154 e. The van der Waals surface area contributed by atoms with Gasteiger partial charge in [-0.3, -0.25) is 0 Å². The monoisotopic (exact) mass is 268 g/mol. The Hall–Kier alpha value is -2.33. The van der Waals surface area contributed by atoms with Crippen molar-refractivity contribution in [3.8, 4) is 11.4 Å². The summed E-state index contributed by atoms with van der Waals surface area (Å²) < 4.78 is 1.74. The van der Waals surface area contributed by atoms with Crippen LogP contribution < -0.4 is 0 Å². The van der Waals surface area contributed by atoms with Gasteiger partial charge in [0, 0.05) is 10.9 Å². The minimum atomic E-state index is 0.447. The average molecular weight is 269 g/mol. The van der Waals surface area contributed by atoms with E-state index in [9.17, 15) is 0 Å². The second kappa shape index (κ2) is 3.83. The fraction of sp³-hybridized carbons (Fsp3) is 0. The first kappa shape index (κ1) is 10.6. The molecular weight excluding hydrogens is 260 g/mol. The van der Waals surface area contributed by atoms with Crippen LogP contribution in [0.3, 0.4) is 0 Å². The van der Waals surface area contributed by atoms with E-state index in [4.69, 9.17) is 11.6 Å². The van der Waals surface area contributed by atoms with Crippen molar-refractivity contribution in [1.82, 2.24) is 19.6 Å². The van der Waals surface area contributed by atoms with E-state index >= 15 is 0 Å². The molecule has 0 unspecified atom stereocenters. The molecule has 0 saturated carbocycles. The highest BCUT2D eigenvalue weighted by Gasteiger charge is 2.10. The Morgan fingerprint density at radius 3 is 2.89 bits per heavy atom. The van der Waals surface area contributed by atoms with E-state index in [1.54, 1.807) is 16.8 Å². The van der Waals surface area contributed by atoms with Gasteiger partial charge in [-0.2, -0.15) is 5.10 Å². The highest BCUT2D eigenvalue weighted by Crippen LogP contribution is 2.24. The zero-order valence-electron chi connectivity index (χ0n) is 9.84. The molecule has 4 nitrogen and oxygen atoms in total. The second-order valence-corrected chi connectivity index (χ2v) is 4.73. The van der Waals surface area contributed by atoms with Gasteiger partial charge in [-0.15, -0.1) is 0 Å². The van der Waals surface area contributed by atoms with Gasteiger partial charge in [0.25, 0.3) is 0 Å². The van der Waals surface area contributed by atoms with Crippen LogP contribution in [-0.2, 0) is 0 Å². The Balaban J connectivity index is 2.00. The molecule has 19 heavy (non-hydrogen) atoms. The third kappa shape index (κ3) is 1.61. The SMILES string of the molecule is Clc1ccc2ncc(-c3cc4ccccc4[nH]3)n2n1. The summed E-state index contributed by atoms with van der Waals surface area (Å²) in [4.78, 5) is 7.69. The number of para-hydroxylation sites is 1. The van der Waals surface area contributed by atoms with Gasteiger partial charge in [-0.1, -0.05) is 29.8 Å². The van der Waals surface area contributed by atoms with E-state index in [2.05, 4.69) is 27.2 Å². The fourth-order valence-corrected chi connectivity index (χ4v) is 2.38. The maximum atomic E-state index is 5.94. The molecule has 0 saturated heterocycles. The minimum absolute atomic E-state index is 0.447. The number of hydrogen-bond donors (Lipinski definition) is 1. The molecule has 92 valence electrons. The summed E-state index contributed by atoms with van der Waals surface area (Å²) in [6.07, 6.45) is 1.80. The van der Waals surface area contributed by atoms with E-state index in [0.717, 1.165) is 27.9 Å². The molecule has 0 radical (unpaired) electrons. The predicted molar refractivity (Wildman–Crippen MR) is 75.3 cm³/mol. The Labute approximate surface area is 113 Å². The summed E-state index contributed by atoms with van der Waals surface area (Å²) in [5.74, 6) is 0. The quantitative estimate of drug-likeness (QED) is 0.574. The van der Waals surface area contributed by atoms with Crippen molar-refractivity contribution in [2.75, 3.05) is 0 Å². The first-order valence-electron chi connectivity index (χ1n) is 5.90. The lowest BCUT2D eigenvalue weighted by atomic mass is 10.2. The lowest BCUT2D eigenvalue weighted by Crippen LogP contribution is -1.94. The van der Waals surface area contributed by atoms with E-state index in [1.165, 1.54) is 0 Å². The number of imidazole rings is 1. The molecule has 0 aliphatic carbocycles. The molecule has 4 rings (SSSR count). The van der Waals surface area contributed by atoms with Crippen LogP contribution in [0.4, 0.5) is 0 Å². The van der Waals surface area contributed by atoms with Crippen molar-refractivity contribution in [2.24, 2.45) is 0 Å². The van der Waals surface area contributed by atoms with Gasteiger partial charge in [-0.25, -0.2) is 9.50 Å². The molecule has 0 amide bonds. The Morgan fingerprint density at radius 1 is 1.11 bits per heavy atom. The zero-order valence-corrected chi connectivity index (χ0v) is 10.6. The number of rotatable bonds is 1. The van der Waals surface area contributed by atoms with Crippen molar-refractivity contribution in [1.29, 1.82) is 0 Å². The van der Waals surface area contributed by atoms with Gasteiger partial charge in [0.15, 0.2) is 5.65 Å². The van der Waals surface area contributed by atoms with E-state index < -0.39 is 0 Å². The van der Waals surface area contributed by atoms with Gasteiger partial charge in [0.05, 0.1) is 11.9 Å². The molecular formula is C14H9ClN4. The number of halogens is 1. The van der Waals surface area contributed by atoms with Crippen LogP contribution in [0.2, 0.25) is 5.15 Å². The van der Waals surface area contributed by atoms with Gasteiger partial charge >= 0.3 is 0 Å². The number of H-pyrrole nitrogens is 1. The number of benzene rings is 1. The largest absolute Gasteiger partial charge is 0.353 e. The number of aromatic amines is 1. The van der Waals surface area contributed by atoms with Crippen LogP contribution in [0.1, 0.15) is 0 Å². The summed E-state index contributed by atoms with van der Waals surface area (Å²) >= 11 is 5.94. The molecule has 3 heterocycles. The molecule has 4 aromatic rings. The molecule has 1 N–H and O–H groups in total. The molecule has 1 aromatic carbocycles. The van der Waals surface area contributed by atoms with Gasteiger partial charge in [0.1, 0.15) is 10.8 Å². The first-order valence-corrected chi connectivity index (χ1v) is 6.27. The van der Waals surface area contributed by atoms with Crippen molar-refractivity contribution in [3.63, 3.8) is 0 Å². The number of aromatic nitrogens is 4. The number of hydrogen-bond acceptors (Lipinski definition) is 2. The molecule has 0 aliphatic rings.